The van der Waals surface area contributed by atoms with Gasteiger partial charge in [-0.05, 0) is 41.8 Å². The first-order chi connectivity index (χ1) is 14.4. The van der Waals surface area contributed by atoms with E-state index < -0.39 is 12.0 Å². The summed E-state index contributed by atoms with van der Waals surface area (Å²) in [6.45, 7) is 1.66. The minimum Gasteiger partial charge on any atom is -0.489 e. The average molecular weight is 409 g/mol. The number of carboxylic acids is 1. The third-order valence-corrected chi connectivity index (χ3v) is 4.77. The fraction of sp³-hybridized carbons (Fsp3) is 0.208. The summed E-state index contributed by atoms with van der Waals surface area (Å²) in [6, 6.07) is 16.9. The van der Waals surface area contributed by atoms with Gasteiger partial charge in [0.25, 0.3) is 0 Å². The highest BCUT2D eigenvalue weighted by Crippen LogP contribution is 2.30. The summed E-state index contributed by atoms with van der Waals surface area (Å²) in [5, 5.41) is 18.7. The van der Waals surface area contributed by atoms with Crippen LogP contribution in [0.2, 0.25) is 0 Å². The number of hydrogen-bond donors (Lipinski definition) is 3. The molecule has 0 aromatic heterocycles. The first kappa shape index (κ1) is 21.5. The van der Waals surface area contributed by atoms with Gasteiger partial charge in [0, 0.05) is 22.7 Å². The molecule has 0 spiro atoms. The zero-order valence-electron chi connectivity index (χ0n) is 16.6. The molecule has 0 unspecified atom stereocenters. The van der Waals surface area contributed by atoms with Crippen molar-refractivity contribution in [2.45, 2.75) is 32.6 Å². The first-order valence-corrected chi connectivity index (χ1v) is 9.59. The quantitative estimate of drug-likeness (QED) is 0.518. The van der Waals surface area contributed by atoms with E-state index in [1.807, 2.05) is 0 Å². The Morgan fingerprint density at radius 1 is 1.10 bits per heavy atom. The molecule has 30 heavy (non-hydrogen) atoms. The van der Waals surface area contributed by atoms with Crippen LogP contribution < -0.4 is 10.5 Å². The molecular formula is C24H24FNO4. The number of hydrogen-bond acceptors (Lipinski definition) is 4. The van der Waals surface area contributed by atoms with Gasteiger partial charge in [-0.15, -0.1) is 0 Å². The van der Waals surface area contributed by atoms with E-state index in [-0.39, 0.29) is 25.5 Å². The maximum absolute atomic E-state index is 15.0. The molecule has 3 aromatic rings. The van der Waals surface area contributed by atoms with Crippen molar-refractivity contribution >= 4 is 5.97 Å². The summed E-state index contributed by atoms with van der Waals surface area (Å²) in [5.41, 5.74) is 9.21. The molecule has 0 fully saturated rings. The van der Waals surface area contributed by atoms with Gasteiger partial charge in [0.05, 0.1) is 13.0 Å². The largest absolute Gasteiger partial charge is 0.489 e. The molecule has 0 aliphatic heterocycles. The number of halogens is 1. The van der Waals surface area contributed by atoms with Gasteiger partial charge >= 0.3 is 5.97 Å². The van der Waals surface area contributed by atoms with Gasteiger partial charge in [0.2, 0.25) is 0 Å². The lowest BCUT2D eigenvalue weighted by atomic mass is 9.96. The van der Waals surface area contributed by atoms with Crippen molar-refractivity contribution in [3.63, 3.8) is 0 Å². The second-order valence-corrected chi connectivity index (χ2v) is 7.16. The second kappa shape index (κ2) is 9.52. The first-order valence-electron chi connectivity index (χ1n) is 9.59. The van der Waals surface area contributed by atoms with Crippen LogP contribution in [0.4, 0.5) is 4.39 Å². The number of para-hydroxylation sites is 1. The lowest BCUT2D eigenvalue weighted by Crippen LogP contribution is -2.08. The van der Waals surface area contributed by atoms with E-state index in [0.717, 1.165) is 5.56 Å². The number of benzene rings is 3. The normalized spacial score (nSPS) is 11.9. The highest BCUT2D eigenvalue weighted by atomic mass is 19.1. The van der Waals surface area contributed by atoms with Gasteiger partial charge in [-0.2, -0.15) is 0 Å². The third kappa shape index (κ3) is 5.03. The Bertz CT molecular complexity index is 1050. The van der Waals surface area contributed by atoms with Crippen molar-refractivity contribution in [1.29, 1.82) is 0 Å². The van der Waals surface area contributed by atoms with Crippen LogP contribution in [0.15, 0.2) is 60.7 Å². The lowest BCUT2D eigenvalue weighted by molar-refractivity contribution is -0.136. The summed E-state index contributed by atoms with van der Waals surface area (Å²) in [5.74, 6) is -0.859. The van der Waals surface area contributed by atoms with E-state index in [9.17, 15) is 14.3 Å². The molecule has 0 radical (unpaired) electrons. The molecule has 3 aromatic carbocycles. The Morgan fingerprint density at radius 2 is 1.83 bits per heavy atom. The standard InChI is InChI=1S/C24H24FNO4/c1-15(26)20-6-4-7-21(24(20)25)19-10-16(13-27)9-17(11-19)14-30-22-8-3-2-5-18(22)12-23(28)29/h2-11,15,27H,12-14,26H2,1H3,(H,28,29)/t15-/m1/s1. The molecule has 4 N–H and O–H groups in total. The van der Waals surface area contributed by atoms with E-state index in [0.29, 0.717) is 33.6 Å². The van der Waals surface area contributed by atoms with Crippen LogP contribution in [0.25, 0.3) is 11.1 Å². The minimum absolute atomic E-state index is 0.145. The zero-order chi connectivity index (χ0) is 21.7. The number of aliphatic hydroxyl groups is 1. The Kier molecular flexibility index (Phi) is 6.82. The minimum atomic E-state index is -0.944. The molecule has 0 saturated heterocycles. The summed E-state index contributed by atoms with van der Waals surface area (Å²) in [4.78, 5) is 11.1. The highest BCUT2D eigenvalue weighted by molar-refractivity contribution is 5.71. The van der Waals surface area contributed by atoms with Gasteiger partial charge in [0.1, 0.15) is 18.2 Å². The Labute approximate surface area is 174 Å². The van der Waals surface area contributed by atoms with Gasteiger partial charge in [-0.1, -0.05) is 42.5 Å². The highest BCUT2D eigenvalue weighted by Gasteiger charge is 2.14. The van der Waals surface area contributed by atoms with E-state index in [1.165, 1.54) is 0 Å². The molecule has 0 saturated carbocycles. The van der Waals surface area contributed by atoms with Gasteiger partial charge in [-0.25, -0.2) is 4.39 Å². The maximum Gasteiger partial charge on any atom is 0.307 e. The average Bonchev–Trinajstić information content (AvgIpc) is 2.72. The van der Waals surface area contributed by atoms with Crippen molar-refractivity contribution in [2.75, 3.05) is 0 Å². The molecule has 0 aliphatic rings. The van der Waals surface area contributed by atoms with Crippen LogP contribution in [-0.4, -0.2) is 16.2 Å². The van der Waals surface area contributed by atoms with Crippen molar-refractivity contribution < 1.29 is 24.1 Å². The van der Waals surface area contributed by atoms with Crippen LogP contribution >= 0.6 is 0 Å². The number of aliphatic hydroxyl groups excluding tert-OH is 1. The maximum atomic E-state index is 15.0. The fourth-order valence-electron chi connectivity index (χ4n) is 3.33. The Balaban J connectivity index is 1.92. The molecule has 6 heteroatoms. The van der Waals surface area contributed by atoms with Crippen molar-refractivity contribution in [3.05, 3.63) is 88.7 Å². The molecular weight excluding hydrogens is 385 g/mol. The molecule has 0 aliphatic carbocycles. The Hall–Kier alpha value is -3.22. The van der Waals surface area contributed by atoms with E-state index in [4.69, 9.17) is 15.6 Å². The third-order valence-electron chi connectivity index (χ3n) is 4.77. The molecule has 0 bridgehead atoms. The number of nitrogens with two attached hydrogens (primary N) is 1. The molecule has 1 atom stereocenters. The lowest BCUT2D eigenvalue weighted by Gasteiger charge is -2.15. The van der Waals surface area contributed by atoms with Crippen LogP contribution in [0.3, 0.4) is 0 Å². The number of aliphatic carboxylic acids is 1. The number of carbonyl (C=O) groups is 1. The van der Waals surface area contributed by atoms with E-state index in [2.05, 4.69) is 0 Å². The van der Waals surface area contributed by atoms with E-state index >= 15 is 0 Å². The van der Waals surface area contributed by atoms with Crippen LogP contribution in [-0.2, 0) is 24.4 Å². The molecule has 156 valence electrons. The van der Waals surface area contributed by atoms with Crippen LogP contribution in [0.5, 0.6) is 5.75 Å². The molecule has 3 rings (SSSR count). The number of ether oxygens (including phenoxy) is 1. The summed E-state index contributed by atoms with van der Waals surface area (Å²) in [7, 11) is 0. The second-order valence-electron chi connectivity index (χ2n) is 7.16. The smallest absolute Gasteiger partial charge is 0.307 e. The number of carboxylic acid groups (broad SMARTS) is 1. The molecule has 0 heterocycles. The summed E-state index contributed by atoms with van der Waals surface area (Å²) < 4.78 is 20.8. The summed E-state index contributed by atoms with van der Waals surface area (Å²) >= 11 is 0. The van der Waals surface area contributed by atoms with Crippen molar-refractivity contribution in [2.24, 2.45) is 5.73 Å². The van der Waals surface area contributed by atoms with Crippen LogP contribution in [0, 0.1) is 5.82 Å². The number of rotatable bonds is 8. The molecule has 0 amide bonds. The SMILES string of the molecule is C[C@@H](N)c1cccc(-c2cc(CO)cc(COc3ccccc3CC(=O)O)c2)c1F. The molecule has 5 nitrogen and oxygen atoms in total. The van der Waals surface area contributed by atoms with E-state index in [1.54, 1.807) is 67.6 Å². The van der Waals surface area contributed by atoms with Gasteiger partial charge in [0.15, 0.2) is 0 Å². The van der Waals surface area contributed by atoms with Crippen LogP contribution in [0.1, 0.15) is 35.2 Å². The topological polar surface area (TPSA) is 92.8 Å². The summed E-state index contributed by atoms with van der Waals surface area (Å²) in [6.07, 6.45) is -0.145. The van der Waals surface area contributed by atoms with Gasteiger partial charge < -0.3 is 20.7 Å². The predicted octanol–water partition coefficient (Wildman–Crippen LogP) is 4.21. The zero-order valence-corrected chi connectivity index (χ0v) is 16.6. The monoisotopic (exact) mass is 409 g/mol. The van der Waals surface area contributed by atoms with Crippen molar-refractivity contribution in [3.8, 4) is 16.9 Å². The Morgan fingerprint density at radius 3 is 2.53 bits per heavy atom. The predicted molar refractivity (Wildman–Crippen MR) is 112 cm³/mol. The fourth-order valence-corrected chi connectivity index (χ4v) is 3.33. The van der Waals surface area contributed by atoms with Crippen molar-refractivity contribution in [1.82, 2.24) is 0 Å². The van der Waals surface area contributed by atoms with Gasteiger partial charge in [-0.3, -0.25) is 4.79 Å².